The van der Waals surface area contributed by atoms with Crippen LogP contribution in [0.4, 0.5) is 0 Å². The fraction of sp³-hybridized carbons (Fsp3) is 0.800. The quantitative estimate of drug-likeness (QED) is 0.726. The Kier molecular flexibility index (Phi) is 2.94. The summed E-state index contributed by atoms with van der Waals surface area (Å²) in [6.45, 7) is 1.97. The summed E-state index contributed by atoms with van der Waals surface area (Å²) in [5, 5.41) is 1.24. The zero-order valence-electron chi connectivity index (χ0n) is 8.12. The minimum atomic E-state index is 0.890. The first-order valence-electron chi connectivity index (χ1n) is 5.14. The lowest BCUT2D eigenvalue weighted by Crippen LogP contribution is -2.08. The third-order valence-electron chi connectivity index (χ3n) is 2.76. The van der Waals surface area contributed by atoms with Crippen LogP contribution >= 0.6 is 11.5 Å². The first-order valence-corrected chi connectivity index (χ1v) is 5.91. The summed E-state index contributed by atoms with van der Waals surface area (Å²) in [5.74, 6) is 1.83. The Morgan fingerprint density at radius 2 is 2.08 bits per heavy atom. The Morgan fingerprint density at radius 3 is 2.69 bits per heavy atom. The summed E-state index contributed by atoms with van der Waals surface area (Å²) in [4.78, 5) is 4.41. The molecule has 0 bridgehead atoms. The maximum Gasteiger partial charge on any atom is 0.139 e. The molecule has 2 nitrogen and oxygen atoms in total. The van der Waals surface area contributed by atoms with Gasteiger partial charge in [0, 0.05) is 6.42 Å². The van der Waals surface area contributed by atoms with E-state index in [1.54, 1.807) is 11.5 Å². The molecule has 1 aliphatic carbocycles. The molecule has 0 aliphatic heterocycles. The van der Waals surface area contributed by atoms with Gasteiger partial charge in [-0.25, -0.2) is 4.98 Å². The number of hydrogen-bond acceptors (Lipinski definition) is 3. The van der Waals surface area contributed by atoms with Crippen molar-refractivity contribution in [3.05, 3.63) is 10.8 Å². The molecule has 0 radical (unpaired) electrons. The van der Waals surface area contributed by atoms with Crippen LogP contribution in [0.5, 0.6) is 0 Å². The van der Waals surface area contributed by atoms with E-state index >= 15 is 0 Å². The number of aromatic nitrogens is 2. The van der Waals surface area contributed by atoms with Crippen LogP contribution in [0, 0.1) is 12.8 Å². The minimum absolute atomic E-state index is 0.890. The standard InChI is InChI=1S/C10H16N2S/c1-8-11-10(13-12-8)7-9-5-3-2-4-6-9/h9H,2-7H2,1H3. The van der Waals surface area contributed by atoms with Crippen molar-refractivity contribution in [3.63, 3.8) is 0 Å². The largest absolute Gasteiger partial charge is 0.225 e. The van der Waals surface area contributed by atoms with Gasteiger partial charge in [0.15, 0.2) is 0 Å². The van der Waals surface area contributed by atoms with E-state index in [2.05, 4.69) is 9.36 Å². The highest BCUT2D eigenvalue weighted by atomic mass is 32.1. The first kappa shape index (κ1) is 9.13. The van der Waals surface area contributed by atoms with E-state index in [4.69, 9.17) is 0 Å². The molecule has 0 amide bonds. The number of hydrogen-bond donors (Lipinski definition) is 0. The molecule has 1 heterocycles. The Bertz CT molecular complexity index is 264. The first-order chi connectivity index (χ1) is 6.34. The second-order valence-electron chi connectivity index (χ2n) is 3.94. The normalized spacial score (nSPS) is 19.2. The van der Waals surface area contributed by atoms with Crippen LogP contribution < -0.4 is 0 Å². The van der Waals surface area contributed by atoms with Gasteiger partial charge in [-0.15, -0.1) is 0 Å². The molecule has 2 rings (SSSR count). The summed E-state index contributed by atoms with van der Waals surface area (Å²) in [6, 6.07) is 0. The molecule has 0 atom stereocenters. The smallest absolute Gasteiger partial charge is 0.139 e. The molecule has 0 unspecified atom stereocenters. The van der Waals surface area contributed by atoms with Crippen molar-refractivity contribution in [1.29, 1.82) is 0 Å². The van der Waals surface area contributed by atoms with E-state index < -0.39 is 0 Å². The van der Waals surface area contributed by atoms with Crippen LogP contribution in [0.25, 0.3) is 0 Å². The van der Waals surface area contributed by atoms with Crippen LogP contribution in [0.15, 0.2) is 0 Å². The number of nitrogens with zero attached hydrogens (tertiary/aromatic N) is 2. The zero-order valence-corrected chi connectivity index (χ0v) is 8.94. The lowest BCUT2D eigenvalue weighted by atomic mass is 9.87. The molecule has 0 aromatic carbocycles. The van der Waals surface area contributed by atoms with Crippen LogP contribution in [0.3, 0.4) is 0 Å². The van der Waals surface area contributed by atoms with Gasteiger partial charge in [-0.3, -0.25) is 0 Å². The van der Waals surface area contributed by atoms with Crippen molar-refractivity contribution < 1.29 is 0 Å². The third kappa shape index (κ3) is 2.50. The van der Waals surface area contributed by atoms with Gasteiger partial charge in [-0.1, -0.05) is 32.1 Å². The average Bonchev–Trinajstić information content (AvgIpc) is 2.53. The molecule has 1 aliphatic rings. The van der Waals surface area contributed by atoms with E-state index in [1.807, 2.05) is 6.92 Å². The highest BCUT2D eigenvalue weighted by Crippen LogP contribution is 2.27. The summed E-state index contributed by atoms with van der Waals surface area (Å²) in [7, 11) is 0. The Morgan fingerprint density at radius 1 is 1.31 bits per heavy atom. The highest BCUT2D eigenvalue weighted by molar-refractivity contribution is 7.05. The van der Waals surface area contributed by atoms with E-state index in [0.717, 1.165) is 11.7 Å². The van der Waals surface area contributed by atoms with Crippen molar-refractivity contribution in [2.75, 3.05) is 0 Å². The summed E-state index contributed by atoms with van der Waals surface area (Å²) < 4.78 is 4.21. The second-order valence-corrected chi connectivity index (χ2v) is 4.78. The van der Waals surface area contributed by atoms with Gasteiger partial charge >= 0.3 is 0 Å². The lowest BCUT2D eigenvalue weighted by Gasteiger charge is -2.19. The van der Waals surface area contributed by atoms with Gasteiger partial charge < -0.3 is 0 Å². The van der Waals surface area contributed by atoms with Gasteiger partial charge in [-0.2, -0.15) is 4.37 Å². The molecule has 0 spiro atoms. The average molecular weight is 196 g/mol. The van der Waals surface area contributed by atoms with Crippen molar-refractivity contribution in [1.82, 2.24) is 9.36 Å². The minimum Gasteiger partial charge on any atom is -0.225 e. The molecule has 3 heteroatoms. The van der Waals surface area contributed by atoms with E-state index in [-0.39, 0.29) is 0 Å². The van der Waals surface area contributed by atoms with Crippen molar-refractivity contribution >= 4 is 11.5 Å². The molecule has 13 heavy (non-hydrogen) atoms. The van der Waals surface area contributed by atoms with Gasteiger partial charge in [0.2, 0.25) is 0 Å². The number of aryl methyl sites for hydroxylation is 1. The highest BCUT2D eigenvalue weighted by Gasteiger charge is 2.15. The SMILES string of the molecule is Cc1nsc(CC2CCCCC2)n1. The molecular formula is C10H16N2S. The number of rotatable bonds is 2. The summed E-state index contributed by atoms with van der Waals surface area (Å²) >= 11 is 1.58. The maximum atomic E-state index is 4.41. The Labute approximate surface area is 83.6 Å². The van der Waals surface area contributed by atoms with Crippen molar-refractivity contribution in [2.24, 2.45) is 5.92 Å². The summed E-state index contributed by atoms with van der Waals surface area (Å²) in [6.07, 6.45) is 8.25. The zero-order chi connectivity index (χ0) is 9.10. The fourth-order valence-electron chi connectivity index (χ4n) is 2.06. The van der Waals surface area contributed by atoms with Gasteiger partial charge in [0.05, 0.1) is 0 Å². The monoisotopic (exact) mass is 196 g/mol. The van der Waals surface area contributed by atoms with Crippen molar-refractivity contribution in [3.8, 4) is 0 Å². The molecule has 1 aromatic rings. The maximum absolute atomic E-state index is 4.41. The lowest BCUT2D eigenvalue weighted by molar-refractivity contribution is 0.356. The fourth-order valence-corrected chi connectivity index (χ4v) is 2.82. The molecule has 0 saturated heterocycles. The van der Waals surface area contributed by atoms with E-state index in [0.29, 0.717) is 0 Å². The molecule has 1 fully saturated rings. The molecule has 72 valence electrons. The van der Waals surface area contributed by atoms with Gasteiger partial charge in [0.25, 0.3) is 0 Å². The van der Waals surface area contributed by atoms with Crippen molar-refractivity contribution in [2.45, 2.75) is 45.4 Å². The Hall–Kier alpha value is -0.440. The summed E-state index contributed by atoms with van der Waals surface area (Å²) in [5.41, 5.74) is 0. The molecule has 1 aromatic heterocycles. The molecule has 1 saturated carbocycles. The van der Waals surface area contributed by atoms with Crippen LogP contribution in [-0.4, -0.2) is 9.36 Å². The van der Waals surface area contributed by atoms with Crippen LogP contribution in [-0.2, 0) is 6.42 Å². The van der Waals surface area contributed by atoms with Gasteiger partial charge in [-0.05, 0) is 24.4 Å². The molecule has 0 N–H and O–H groups in total. The van der Waals surface area contributed by atoms with E-state index in [9.17, 15) is 0 Å². The molecular weight excluding hydrogens is 180 g/mol. The predicted molar refractivity (Wildman–Crippen MR) is 54.9 cm³/mol. The predicted octanol–water partition coefficient (Wildman–Crippen LogP) is 2.97. The van der Waals surface area contributed by atoms with Crippen LogP contribution in [0.2, 0.25) is 0 Å². The second kappa shape index (κ2) is 4.18. The van der Waals surface area contributed by atoms with Crippen LogP contribution in [0.1, 0.15) is 42.9 Å². The van der Waals surface area contributed by atoms with E-state index in [1.165, 1.54) is 43.5 Å². The topological polar surface area (TPSA) is 25.8 Å². The third-order valence-corrected chi connectivity index (χ3v) is 3.58. The van der Waals surface area contributed by atoms with Gasteiger partial charge in [0.1, 0.15) is 10.8 Å². The Balaban J connectivity index is 1.89.